The number of aliphatic carboxylic acids is 1. The van der Waals surface area contributed by atoms with Crippen LogP contribution in [-0.2, 0) is 4.79 Å². The van der Waals surface area contributed by atoms with Crippen LogP contribution in [-0.4, -0.2) is 22.7 Å². The molecule has 0 saturated heterocycles. The molecule has 1 aromatic carbocycles. The van der Waals surface area contributed by atoms with Crippen molar-refractivity contribution >= 4 is 17.6 Å². The molecule has 0 aliphatic heterocycles. The lowest BCUT2D eigenvalue weighted by atomic mass is 10.0. The molecular weight excluding hydrogens is 266 g/mol. The summed E-state index contributed by atoms with van der Waals surface area (Å²) < 4.78 is 5.47. The molecular formula is C17H17NO3. The Morgan fingerprint density at radius 3 is 2.71 bits per heavy atom. The quantitative estimate of drug-likeness (QED) is 0.854. The number of ether oxygens (including phenoxy) is 1. The van der Waals surface area contributed by atoms with Gasteiger partial charge >= 0.3 is 5.97 Å². The van der Waals surface area contributed by atoms with Gasteiger partial charge in [0.2, 0.25) is 0 Å². The summed E-state index contributed by atoms with van der Waals surface area (Å²) in [6.07, 6.45) is 3.20. The van der Waals surface area contributed by atoms with Gasteiger partial charge in [0.05, 0.1) is 17.9 Å². The summed E-state index contributed by atoms with van der Waals surface area (Å²) >= 11 is 0. The first-order valence-electron chi connectivity index (χ1n) is 6.71. The first kappa shape index (κ1) is 14.8. The van der Waals surface area contributed by atoms with Gasteiger partial charge in [-0.05, 0) is 55.3 Å². The van der Waals surface area contributed by atoms with Gasteiger partial charge < -0.3 is 9.84 Å². The molecule has 0 spiro atoms. The first-order valence-corrected chi connectivity index (χ1v) is 6.71. The summed E-state index contributed by atoms with van der Waals surface area (Å²) in [6, 6.07) is 10.7. The number of nitrogens with zero attached hydrogens (tertiary/aromatic N) is 1. The average Bonchev–Trinajstić information content (AvgIpc) is 2.48. The molecule has 0 amide bonds. The number of aryl methyl sites for hydroxylation is 1. The zero-order chi connectivity index (χ0) is 15.2. The molecule has 0 aliphatic rings. The van der Waals surface area contributed by atoms with Crippen molar-refractivity contribution in [3.05, 3.63) is 59.4 Å². The summed E-state index contributed by atoms with van der Waals surface area (Å²) in [5.74, 6) is -0.215. The molecule has 4 heteroatoms. The topological polar surface area (TPSA) is 59.4 Å². The lowest BCUT2D eigenvalue weighted by Gasteiger charge is -2.09. The van der Waals surface area contributed by atoms with Crippen molar-refractivity contribution in [2.24, 2.45) is 0 Å². The second-order valence-electron chi connectivity index (χ2n) is 4.53. The van der Waals surface area contributed by atoms with Crippen LogP contribution >= 0.6 is 0 Å². The summed E-state index contributed by atoms with van der Waals surface area (Å²) in [5.41, 5.74) is 2.36. The van der Waals surface area contributed by atoms with E-state index in [0.29, 0.717) is 17.9 Å². The highest BCUT2D eigenvalue weighted by atomic mass is 16.5. The first-order chi connectivity index (χ1) is 10.1. The van der Waals surface area contributed by atoms with Crippen molar-refractivity contribution in [1.29, 1.82) is 0 Å². The number of carbonyl (C=O) groups is 1. The summed E-state index contributed by atoms with van der Waals surface area (Å²) in [7, 11) is 0. The minimum atomic E-state index is -0.982. The zero-order valence-corrected chi connectivity index (χ0v) is 12.0. The third-order valence-electron chi connectivity index (χ3n) is 3.00. The Labute approximate surface area is 123 Å². The van der Waals surface area contributed by atoms with E-state index in [1.54, 1.807) is 36.5 Å². The van der Waals surface area contributed by atoms with Crippen molar-refractivity contribution in [2.75, 3.05) is 6.61 Å². The molecule has 0 aliphatic carbocycles. The highest BCUT2D eigenvalue weighted by Crippen LogP contribution is 2.25. The van der Waals surface area contributed by atoms with E-state index in [-0.39, 0.29) is 5.57 Å². The lowest BCUT2D eigenvalue weighted by Crippen LogP contribution is -2.01. The Bertz CT molecular complexity index is 663. The minimum Gasteiger partial charge on any atom is -0.494 e. The number of carboxylic acid groups (broad SMARTS) is 1. The number of hydrogen-bond donors (Lipinski definition) is 1. The molecule has 2 rings (SSSR count). The Balaban J connectivity index is 2.42. The number of pyridine rings is 1. The van der Waals surface area contributed by atoms with Crippen LogP contribution in [0, 0.1) is 6.92 Å². The maximum Gasteiger partial charge on any atom is 0.336 e. The van der Waals surface area contributed by atoms with Crippen molar-refractivity contribution in [3.63, 3.8) is 0 Å². The Hall–Kier alpha value is -2.62. The van der Waals surface area contributed by atoms with Gasteiger partial charge in [-0.2, -0.15) is 0 Å². The smallest absolute Gasteiger partial charge is 0.336 e. The molecule has 2 aromatic rings. The van der Waals surface area contributed by atoms with E-state index in [1.807, 2.05) is 26.0 Å². The van der Waals surface area contributed by atoms with Crippen LogP contribution in [0.25, 0.3) is 11.6 Å². The van der Waals surface area contributed by atoms with Gasteiger partial charge in [0.15, 0.2) is 0 Å². The van der Waals surface area contributed by atoms with Gasteiger partial charge in [-0.25, -0.2) is 4.79 Å². The molecule has 0 unspecified atom stereocenters. The van der Waals surface area contributed by atoms with Crippen LogP contribution in [0.3, 0.4) is 0 Å². The van der Waals surface area contributed by atoms with E-state index in [9.17, 15) is 9.90 Å². The SMILES string of the molecule is CCOc1ccc(/C(=C/c2ccccn2)C(=O)O)cc1C. The largest absolute Gasteiger partial charge is 0.494 e. The highest BCUT2D eigenvalue weighted by Gasteiger charge is 2.12. The second kappa shape index (κ2) is 6.70. The van der Waals surface area contributed by atoms with Crippen molar-refractivity contribution < 1.29 is 14.6 Å². The summed E-state index contributed by atoms with van der Waals surface area (Å²) in [6.45, 7) is 4.39. The van der Waals surface area contributed by atoms with Gasteiger partial charge in [-0.1, -0.05) is 12.1 Å². The molecule has 0 fully saturated rings. The fourth-order valence-electron chi connectivity index (χ4n) is 2.01. The monoisotopic (exact) mass is 283 g/mol. The summed E-state index contributed by atoms with van der Waals surface area (Å²) in [4.78, 5) is 15.6. The van der Waals surface area contributed by atoms with Crippen molar-refractivity contribution in [3.8, 4) is 5.75 Å². The predicted molar refractivity (Wildman–Crippen MR) is 82.1 cm³/mol. The van der Waals surface area contributed by atoms with Gasteiger partial charge in [0.25, 0.3) is 0 Å². The van der Waals surface area contributed by atoms with Crippen molar-refractivity contribution in [1.82, 2.24) is 4.98 Å². The molecule has 0 bridgehead atoms. The van der Waals surface area contributed by atoms with Gasteiger partial charge in [-0.3, -0.25) is 4.98 Å². The third-order valence-corrected chi connectivity index (χ3v) is 3.00. The lowest BCUT2D eigenvalue weighted by molar-refractivity contribution is -0.130. The Morgan fingerprint density at radius 1 is 1.33 bits per heavy atom. The maximum atomic E-state index is 11.5. The number of aromatic nitrogens is 1. The van der Waals surface area contributed by atoms with Crippen LogP contribution in [0.1, 0.15) is 23.7 Å². The normalized spacial score (nSPS) is 11.2. The van der Waals surface area contributed by atoms with Crippen LogP contribution in [0.15, 0.2) is 42.6 Å². The molecule has 1 N–H and O–H groups in total. The van der Waals surface area contributed by atoms with E-state index in [4.69, 9.17) is 4.74 Å². The highest BCUT2D eigenvalue weighted by molar-refractivity contribution is 6.20. The van der Waals surface area contributed by atoms with Gasteiger partial charge in [0.1, 0.15) is 5.75 Å². The molecule has 21 heavy (non-hydrogen) atoms. The zero-order valence-electron chi connectivity index (χ0n) is 12.0. The van der Waals surface area contributed by atoms with Crippen LogP contribution < -0.4 is 4.74 Å². The molecule has 0 atom stereocenters. The molecule has 4 nitrogen and oxygen atoms in total. The van der Waals surface area contributed by atoms with Crippen molar-refractivity contribution in [2.45, 2.75) is 13.8 Å². The summed E-state index contributed by atoms with van der Waals surface area (Å²) in [5, 5.41) is 9.42. The van der Waals surface area contributed by atoms with E-state index in [2.05, 4.69) is 4.98 Å². The van der Waals surface area contributed by atoms with E-state index in [0.717, 1.165) is 11.3 Å². The average molecular weight is 283 g/mol. The predicted octanol–water partition coefficient (Wildman–Crippen LogP) is 3.41. The second-order valence-corrected chi connectivity index (χ2v) is 4.53. The molecule has 1 aromatic heterocycles. The maximum absolute atomic E-state index is 11.5. The number of benzene rings is 1. The number of rotatable bonds is 5. The Morgan fingerprint density at radius 2 is 2.14 bits per heavy atom. The van der Waals surface area contributed by atoms with E-state index < -0.39 is 5.97 Å². The molecule has 108 valence electrons. The van der Waals surface area contributed by atoms with Crippen LogP contribution in [0.4, 0.5) is 0 Å². The van der Waals surface area contributed by atoms with Crippen LogP contribution in [0.5, 0.6) is 5.75 Å². The van der Waals surface area contributed by atoms with Gasteiger partial charge in [0, 0.05) is 6.20 Å². The fourth-order valence-corrected chi connectivity index (χ4v) is 2.01. The number of hydrogen-bond acceptors (Lipinski definition) is 3. The minimum absolute atomic E-state index is 0.208. The standard InChI is InChI=1S/C17H17NO3/c1-3-21-16-8-7-13(10-12(16)2)15(17(19)20)11-14-6-4-5-9-18-14/h4-11H,3H2,1-2H3,(H,19,20)/b15-11-. The van der Waals surface area contributed by atoms with E-state index >= 15 is 0 Å². The molecule has 0 radical (unpaired) electrons. The van der Waals surface area contributed by atoms with E-state index in [1.165, 1.54) is 0 Å². The molecule has 1 heterocycles. The Kier molecular flexibility index (Phi) is 4.72. The van der Waals surface area contributed by atoms with Gasteiger partial charge in [-0.15, -0.1) is 0 Å². The third kappa shape index (κ3) is 3.69. The fraction of sp³-hybridized carbons (Fsp3) is 0.176. The molecule has 0 saturated carbocycles. The van der Waals surface area contributed by atoms with Crippen LogP contribution in [0.2, 0.25) is 0 Å². The number of carboxylic acids is 1.